The maximum Gasteiger partial charge on any atom is 0.418 e. The summed E-state index contributed by atoms with van der Waals surface area (Å²) in [5, 5.41) is 12.6. The smallest absolute Gasteiger partial charge is 0.418 e. The molecule has 1 aliphatic rings. The normalized spacial score (nSPS) is 14.3. The molecule has 1 fully saturated rings. The first-order chi connectivity index (χ1) is 27.9. The Balaban J connectivity index is 0.000000349. The number of aliphatic hydroxyl groups is 1. The number of aromatic nitrogens is 1. The standard InChI is InChI=1S/C36H35F3NS.C17H32O2.Ir/c1-20-15-25(23-11-7-8-12-23)16-21(2)30(20)33-22(3)31-29(36(37,38)39)19-40-32(34(31)41-33)26-17-24-13-9-10-14-27(24)28(18-26)35(4,5)6;1-10(2)16(11(3)4)14(18)9-15(19)17(12(5)6)13(7)8;/h9-10,13-16,18-19,23H,7-8,11-12H2,1-6H3;9-13,16-18H,1-8H3;/q-1;;/b;14-9-;. The van der Waals surface area contributed by atoms with Gasteiger partial charge in [0.1, 0.15) is 0 Å². The number of rotatable bonds is 10. The van der Waals surface area contributed by atoms with E-state index < -0.39 is 11.7 Å². The second kappa shape index (κ2) is 20.0. The number of carbonyl (C=O) groups excluding carboxylic acids is 1. The molecule has 6 rings (SSSR count). The van der Waals surface area contributed by atoms with Gasteiger partial charge in [-0.25, -0.2) is 0 Å². The number of allylic oxidation sites excluding steroid dienone is 2. The third-order valence-corrected chi connectivity index (χ3v) is 13.9. The number of halogens is 3. The van der Waals surface area contributed by atoms with Crippen LogP contribution < -0.4 is 0 Å². The fourth-order valence-electron chi connectivity index (χ4n) is 9.95. The molecule has 2 heterocycles. The fourth-order valence-corrected chi connectivity index (χ4v) is 11.5. The van der Waals surface area contributed by atoms with Gasteiger partial charge in [0.05, 0.1) is 11.3 Å². The summed E-state index contributed by atoms with van der Waals surface area (Å²) in [4.78, 5) is 17.7. The van der Waals surface area contributed by atoms with Gasteiger partial charge < -0.3 is 5.11 Å². The molecule has 333 valence electrons. The van der Waals surface area contributed by atoms with Crippen LogP contribution in [-0.4, -0.2) is 15.9 Å². The van der Waals surface area contributed by atoms with Gasteiger partial charge in [-0.1, -0.05) is 130 Å². The predicted octanol–water partition coefficient (Wildman–Crippen LogP) is 16.3. The van der Waals surface area contributed by atoms with E-state index in [0.29, 0.717) is 45.5 Å². The molecule has 5 aromatic rings. The molecule has 8 heteroatoms. The number of hydrogen-bond donors (Lipinski definition) is 1. The summed E-state index contributed by atoms with van der Waals surface area (Å²) >= 11 is 1.43. The van der Waals surface area contributed by atoms with E-state index >= 15 is 0 Å². The molecule has 0 spiro atoms. The van der Waals surface area contributed by atoms with Crippen molar-refractivity contribution in [3.63, 3.8) is 0 Å². The summed E-state index contributed by atoms with van der Waals surface area (Å²) in [6.07, 6.45) is 2.94. The molecule has 0 amide bonds. The number of alkyl halides is 3. The number of benzene rings is 3. The first-order valence-electron chi connectivity index (χ1n) is 21.9. The Labute approximate surface area is 381 Å². The van der Waals surface area contributed by atoms with E-state index in [1.54, 1.807) is 0 Å². The maximum absolute atomic E-state index is 14.4. The van der Waals surface area contributed by atoms with Crippen LogP contribution in [0.25, 0.3) is 42.6 Å². The number of aryl methyl sites for hydroxylation is 3. The van der Waals surface area contributed by atoms with E-state index in [-0.39, 0.29) is 54.3 Å². The van der Waals surface area contributed by atoms with E-state index in [2.05, 4.69) is 125 Å². The SMILES string of the molecule is CC(C)C(C(=O)/C=C(\O)C(C(C)C)C(C)C)C(C)C.Cc1cc(C2CCCC2)cc(C)c1-c1sc2c(-c3[c-]c4ccccc4c(C(C)(C)C)c3)ncc(C(F)(F)F)c2c1C.[Ir]. The van der Waals surface area contributed by atoms with Crippen molar-refractivity contribution in [2.45, 2.75) is 140 Å². The van der Waals surface area contributed by atoms with Crippen LogP contribution in [0.5, 0.6) is 0 Å². The number of aliphatic hydroxyl groups excluding tert-OH is 1. The largest absolute Gasteiger partial charge is 0.512 e. The monoisotopic (exact) mass is 1030 g/mol. The van der Waals surface area contributed by atoms with E-state index in [1.807, 2.05) is 25.1 Å². The Morgan fingerprint density at radius 2 is 1.38 bits per heavy atom. The van der Waals surface area contributed by atoms with Gasteiger partial charge in [0, 0.05) is 64.9 Å². The molecule has 1 N–H and O–H groups in total. The third kappa shape index (κ3) is 11.1. The van der Waals surface area contributed by atoms with Crippen LogP contribution in [0.1, 0.15) is 141 Å². The molecule has 1 radical (unpaired) electrons. The number of thiophene rings is 1. The van der Waals surface area contributed by atoms with E-state index in [1.165, 1.54) is 48.7 Å². The second-order valence-electron chi connectivity index (χ2n) is 19.7. The molecule has 2 aromatic heterocycles. The molecule has 3 nitrogen and oxygen atoms in total. The van der Waals surface area contributed by atoms with Crippen LogP contribution in [0.15, 0.2) is 60.5 Å². The van der Waals surface area contributed by atoms with Crippen LogP contribution in [0.2, 0.25) is 0 Å². The van der Waals surface area contributed by atoms with Gasteiger partial charge >= 0.3 is 6.18 Å². The molecule has 0 bridgehead atoms. The molecule has 0 atom stereocenters. The molecule has 0 unspecified atom stereocenters. The molecule has 0 aliphatic heterocycles. The van der Waals surface area contributed by atoms with Crippen LogP contribution >= 0.6 is 11.3 Å². The van der Waals surface area contributed by atoms with Crippen molar-refractivity contribution in [1.29, 1.82) is 0 Å². The van der Waals surface area contributed by atoms with Crippen molar-refractivity contribution in [3.8, 4) is 21.7 Å². The summed E-state index contributed by atoms with van der Waals surface area (Å²) in [6.45, 7) is 29.1. The van der Waals surface area contributed by atoms with Crippen LogP contribution in [0, 0.1) is 62.3 Å². The number of pyridine rings is 1. The van der Waals surface area contributed by atoms with Crippen molar-refractivity contribution >= 4 is 38.0 Å². The minimum Gasteiger partial charge on any atom is -0.512 e. The fraction of sp³-hybridized carbons (Fsp3) is 0.509. The van der Waals surface area contributed by atoms with Gasteiger partial charge in [0.25, 0.3) is 0 Å². The summed E-state index contributed by atoms with van der Waals surface area (Å²) in [5.41, 5.74) is 6.88. The van der Waals surface area contributed by atoms with Crippen molar-refractivity contribution in [1.82, 2.24) is 4.98 Å². The zero-order valence-electron chi connectivity index (χ0n) is 38.7. The van der Waals surface area contributed by atoms with Gasteiger partial charge in [-0.15, -0.1) is 40.5 Å². The maximum atomic E-state index is 14.4. The average Bonchev–Trinajstić information content (AvgIpc) is 3.78. The second-order valence-corrected chi connectivity index (χ2v) is 20.7. The topological polar surface area (TPSA) is 50.2 Å². The van der Waals surface area contributed by atoms with E-state index in [0.717, 1.165) is 49.7 Å². The zero-order chi connectivity index (χ0) is 44.6. The van der Waals surface area contributed by atoms with Crippen LogP contribution in [0.4, 0.5) is 13.2 Å². The third-order valence-electron chi connectivity index (χ3n) is 12.5. The van der Waals surface area contributed by atoms with Gasteiger partial charge in [-0.2, -0.15) is 13.2 Å². The Hall–Kier alpha value is -3.32. The molecule has 0 saturated heterocycles. The number of nitrogens with zero attached hydrogens (tertiary/aromatic N) is 1. The summed E-state index contributed by atoms with van der Waals surface area (Å²) in [7, 11) is 0. The Morgan fingerprint density at radius 3 is 1.89 bits per heavy atom. The zero-order valence-corrected chi connectivity index (χ0v) is 42.0. The first-order valence-corrected chi connectivity index (χ1v) is 22.8. The molecule has 3 aromatic carbocycles. The summed E-state index contributed by atoms with van der Waals surface area (Å²) in [6, 6.07) is 18.2. The Bertz CT molecular complexity index is 2320. The summed E-state index contributed by atoms with van der Waals surface area (Å²) < 4.78 is 43.8. The Kier molecular flexibility index (Phi) is 16.5. The minimum absolute atomic E-state index is 0. The van der Waals surface area contributed by atoms with E-state index in [9.17, 15) is 23.1 Å². The number of hydrogen-bond acceptors (Lipinski definition) is 4. The van der Waals surface area contributed by atoms with Gasteiger partial charge in [-0.3, -0.25) is 9.78 Å². The van der Waals surface area contributed by atoms with Crippen molar-refractivity contribution in [2.75, 3.05) is 0 Å². The molecule has 61 heavy (non-hydrogen) atoms. The van der Waals surface area contributed by atoms with Crippen LogP contribution in [-0.2, 0) is 36.5 Å². The first kappa shape index (κ1) is 50.3. The minimum atomic E-state index is -4.51. The van der Waals surface area contributed by atoms with Crippen molar-refractivity contribution < 1.29 is 43.2 Å². The van der Waals surface area contributed by atoms with Gasteiger partial charge in [0.15, 0.2) is 5.78 Å². The van der Waals surface area contributed by atoms with E-state index in [4.69, 9.17) is 0 Å². The molecular formula is C53H67F3IrNO2S-. The molecule has 1 saturated carbocycles. The summed E-state index contributed by atoms with van der Waals surface area (Å²) in [5.74, 6) is 2.21. The number of carbonyl (C=O) groups is 1. The predicted molar refractivity (Wildman–Crippen MR) is 248 cm³/mol. The van der Waals surface area contributed by atoms with Crippen molar-refractivity contribution in [2.24, 2.45) is 35.5 Å². The van der Waals surface area contributed by atoms with Crippen molar-refractivity contribution in [3.05, 3.63) is 99.9 Å². The molecular weight excluding hydrogens is 964 g/mol. The number of ketones is 1. The van der Waals surface area contributed by atoms with Gasteiger partial charge in [-0.05, 0) is 96.4 Å². The van der Waals surface area contributed by atoms with Crippen LogP contribution in [0.3, 0.4) is 0 Å². The average molecular weight is 1030 g/mol. The number of fused-ring (bicyclic) bond motifs is 2. The molecule has 1 aliphatic carbocycles. The Morgan fingerprint density at radius 1 is 0.836 bits per heavy atom. The van der Waals surface area contributed by atoms with Gasteiger partial charge in [0.2, 0.25) is 0 Å². The quantitative estimate of drug-likeness (QED) is 0.0861.